The second-order valence-corrected chi connectivity index (χ2v) is 5.28. The van der Waals surface area contributed by atoms with Gasteiger partial charge in [0.05, 0.1) is 0 Å². The van der Waals surface area contributed by atoms with Gasteiger partial charge in [-0.3, -0.25) is 4.79 Å². The SMILES string of the molecule is CC(=O)OP(=O)(Oc1ccccc1)Oc1ccccc1. The Morgan fingerprint density at radius 2 is 1.25 bits per heavy atom. The maximum Gasteiger partial charge on any atom is 0.649 e. The van der Waals surface area contributed by atoms with Crippen LogP contribution in [0, 0.1) is 0 Å². The quantitative estimate of drug-likeness (QED) is 0.784. The van der Waals surface area contributed by atoms with Gasteiger partial charge in [0.1, 0.15) is 11.5 Å². The van der Waals surface area contributed by atoms with Gasteiger partial charge in [0.15, 0.2) is 0 Å². The van der Waals surface area contributed by atoms with Crippen molar-refractivity contribution in [3.8, 4) is 11.5 Å². The molecule has 6 heteroatoms. The normalized spacial score (nSPS) is 10.7. The molecule has 0 bridgehead atoms. The maximum atomic E-state index is 12.5. The Bertz CT molecular complexity index is 566. The Kier molecular flexibility index (Phi) is 4.43. The molecular formula is C14H13O5P. The number of hydrogen-bond acceptors (Lipinski definition) is 5. The van der Waals surface area contributed by atoms with Crippen LogP contribution in [0.25, 0.3) is 0 Å². The van der Waals surface area contributed by atoms with Crippen LogP contribution >= 0.6 is 7.82 Å². The summed E-state index contributed by atoms with van der Waals surface area (Å²) in [6, 6.07) is 16.7. The van der Waals surface area contributed by atoms with Gasteiger partial charge >= 0.3 is 13.8 Å². The van der Waals surface area contributed by atoms with E-state index in [1.165, 1.54) is 0 Å². The molecule has 0 fully saturated rings. The molecule has 0 saturated carbocycles. The van der Waals surface area contributed by atoms with Crippen LogP contribution in [0.1, 0.15) is 6.92 Å². The molecular weight excluding hydrogens is 279 g/mol. The zero-order valence-corrected chi connectivity index (χ0v) is 11.7. The number of phosphoric ester groups is 1. The lowest BCUT2D eigenvalue weighted by molar-refractivity contribution is -0.132. The van der Waals surface area contributed by atoms with Crippen LogP contribution in [0.15, 0.2) is 60.7 Å². The number of rotatable bonds is 5. The van der Waals surface area contributed by atoms with Crippen LogP contribution in [0.4, 0.5) is 0 Å². The molecule has 0 N–H and O–H groups in total. The zero-order chi connectivity index (χ0) is 14.4. The van der Waals surface area contributed by atoms with Gasteiger partial charge in [0.25, 0.3) is 0 Å². The molecule has 0 aliphatic rings. The molecule has 2 rings (SSSR count). The number of phosphoric acid groups is 1. The van der Waals surface area contributed by atoms with Crippen molar-refractivity contribution in [3.05, 3.63) is 60.7 Å². The molecule has 0 heterocycles. The van der Waals surface area contributed by atoms with Crippen molar-refractivity contribution in [2.24, 2.45) is 0 Å². The van der Waals surface area contributed by atoms with Crippen LogP contribution in [-0.4, -0.2) is 5.97 Å². The van der Waals surface area contributed by atoms with Crippen molar-refractivity contribution in [1.82, 2.24) is 0 Å². The fourth-order valence-corrected chi connectivity index (χ4v) is 2.62. The summed E-state index contributed by atoms with van der Waals surface area (Å²) in [7, 11) is -4.07. The topological polar surface area (TPSA) is 61.8 Å². The van der Waals surface area contributed by atoms with Gasteiger partial charge < -0.3 is 13.6 Å². The van der Waals surface area contributed by atoms with Crippen molar-refractivity contribution >= 4 is 13.8 Å². The second-order valence-electron chi connectivity index (χ2n) is 3.84. The minimum absolute atomic E-state index is 0.285. The molecule has 0 spiro atoms. The highest BCUT2D eigenvalue weighted by Crippen LogP contribution is 2.49. The Morgan fingerprint density at radius 3 is 1.60 bits per heavy atom. The van der Waals surface area contributed by atoms with Gasteiger partial charge in [0, 0.05) is 6.92 Å². The van der Waals surface area contributed by atoms with Crippen molar-refractivity contribution in [1.29, 1.82) is 0 Å². The number of para-hydroxylation sites is 2. The van der Waals surface area contributed by atoms with Gasteiger partial charge in [-0.2, -0.15) is 4.57 Å². The largest absolute Gasteiger partial charge is 0.649 e. The first-order chi connectivity index (χ1) is 9.57. The predicted molar refractivity (Wildman–Crippen MR) is 73.5 cm³/mol. The molecule has 20 heavy (non-hydrogen) atoms. The third-order valence-electron chi connectivity index (χ3n) is 2.16. The first-order valence-electron chi connectivity index (χ1n) is 5.87. The molecule has 104 valence electrons. The molecule has 0 radical (unpaired) electrons. The number of carbonyl (C=O) groups is 1. The molecule has 2 aromatic rings. The average Bonchev–Trinajstić information content (AvgIpc) is 2.39. The van der Waals surface area contributed by atoms with E-state index >= 15 is 0 Å². The fourth-order valence-electron chi connectivity index (χ4n) is 1.43. The number of hydrogen-bond donors (Lipinski definition) is 0. The number of benzene rings is 2. The first kappa shape index (κ1) is 14.2. The average molecular weight is 292 g/mol. The fraction of sp³-hybridized carbons (Fsp3) is 0.0714. The molecule has 0 aliphatic heterocycles. The van der Waals surface area contributed by atoms with Gasteiger partial charge in [-0.1, -0.05) is 36.4 Å². The van der Waals surface area contributed by atoms with E-state index in [2.05, 4.69) is 0 Å². The lowest BCUT2D eigenvalue weighted by atomic mass is 10.3. The summed E-state index contributed by atoms with van der Waals surface area (Å²) >= 11 is 0. The van der Waals surface area contributed by atoms with E-state index in [1.807, 2.05) is 0 Å². The van der Waals surface area contributed by atoms with Crippen LogP contribution < -0.4 is 9.05 Å². The molecule has 2 aromatic carbocycles. The minimum atomic E-state index is -4.07. The molecule has 0 amide bonds. The predicted octanol–water partition coefficient (Wildman–Crippen LogP) is 3.82. The van der Waals surface area contributed by atoms with E-state index in [9.17, 15) is 9.36 Å². The van der Waals surface area contributed by atoms with Gasteiger partial charge in [-0.05, 0) is 24.3 Å². The smallest absolute Gasteiger partial charge is 0.386 e. The summed E-state index contributed by atoms with van der Waals surface area (Å²) in [5, 5.41) is 0. The second kappa shape index (κ2) is 6.26. The third-order valence-corrected chi connectivity index (χ3v) is 3.51. The van der Waals surface area contributed by atoms with Gasteiger partial charge in [0.2, 0.25) is 0 Å². The van der Waals surface area contributed by atoms with Gasteiger partial charge in [-0.25, -0.2) is 0 Å². The highest BCUT2D eigenvalue weighted by atomic mass is 31.2. The van der Waals surface area contributed by atoms with E-state index in [4.69, 9.17) is 13.6 Å². The molecule has 0 aliphatic carbocycles. The van der Waals surface area contributed by atoms with Crippen LogP contribution in [0.2, 0.25) is 0 Å². The molecule has 0 saturated heterocycles. The third kappa shape index (κ3) is 4.14. The van der Waals surface area contributed by atoms with E-state index in [-0.39, 0.29) is 11.5 Å². The summed E-state index contributed by atoms with van der Waals surface area (Å²) in [6.07, 6.45) is 0. The van der Waals surface area contributed by atoms with E-state index in [1.54, 1.807) is 60.7 Å². The Hall–Kier alpha value is -2.26. The van der Waals surface area contributed by atoms with Gasteiger partial charge in [-0.15, -0.1) is 0 Å². The Labute approximate surface area is 116 Å². The Morgan fingerprint density at radius 1 is 0.850 bits per heavy atom. The standard InChI is InChI=1S/C14H13O5P/c1-12(15)17-20(16,18-13-8-4-2-5-9-13)19-14-10-6-3-7-11-14/h2-11H,1H3. The monoisotopic (exact) mass is 292 g/mol. The molecule has 0 unspecified atom stereocenters. The minimum Gasteiger partial charge on any atom is -0.386 e. The van der Waals surface area contributed by atoms with Crippen LogP contribution in [-0.2, 0) is 13.9 Å². The highest BCUT2D eigenvalue weighted by Gasteiger charge is 2.34. The van der Waals surface area contributed by atoms with Crippen molar-refractivity contribution in [2.75, 3.05) is 0 Å². The lowest BCUT2D eigenvalue weighted by Crippen LogP contribution is -2.08. The summed E-state index contributed by atoms with van der Waals surface area (Å²) in [5.41, 5.74) is 0. The van der Waals surface area contributed by atoms with E-state index in [0.717, 1.165) is 6.92 Å². The summed E-state index contributed by atoms with van der Waals surface area (Å²) < 4.78 is 27.6. The molecule has 0 atom stereocenters. The van der Waals surface area contributed by atoms with Crippen LogP contribution in [0.5, 0.6) is 11.5 Å². The van der Waals surface area contributed by atoms with Crippen molar-refractivity contribution in [3.63, 3.8) is 0 Å². The summed E-state index contributed by atoms with van der Waals surface area (Å²) in [4.78, 5) is 11.1. The molecule has 5 nitrogen and oxygen atoms in total. The first-order valence-corrected chi connectivity index (χ1v) is 7.33. The summed E-state index contributed by atoms with van der Waals surface area (Å²) in [5.74, 6) is -0.179. The lowest BCUT2D eigenvalue weighted by Gasteiger charge is -2.17. The highest BCUT2D eigenvalue weighted by molar-refractivity contribution is 7.50. The van der Waals surface area contributed by atoms with Crippen LogP contribution in [0.3, 0.4) is 0 Å². The maximum absolute atomic E-state index is 12.5. The zero-order valence-electron chi connectivity index (χ0n) is 10.8. The van der Waals surface area contributed by atoms with E-state index < -0.39 is 13.8 Å². The summed E-state index contributed by atoms with van der Waals surface area (Å²) in [6.45, 7) is 1.13. The Balaban J connectivity index is 2.21. The van der Waals surface area contributed by atoms with E-state index in [0.29, 0.717) is 0 Å². The number of carbonyl (C=O) groups excluding carboxylic acids is 1. The molecule has 0 aromatic heterocycles. The van der Waals surface area contributed by atoms with Crippen molar-refractivity contribution in [2.45, 2.75) is 6.92 Å². The van der Waals surface area contributed by atoms with Crippen molar-refractivity contribution < 1.29 is 22.9 Å².